The quantitative estimate of drug-likeness (QED) is 0.723. The number of rotatable bonds is 5. The molecule has 0 fully saturated rings. The highest BCUT2D eigenvalue weighted by Gasteiger charge is 2.20. The third-order valence-electron chi connectivity index (χ3n) is 4.05. The van der Waals surface area contributed by atoms with Gasteiger partial charge in [-0.2, -0.15) is 0 Å². The lowest BCUT2D eigenvalue weighted by atomic mass is 10.1. The number of benzene rings is 1. The topological polar surface area (TPSA) is 75.7 Å². The lowest BCUT2D eigenvalue weighted by molar-refractivity contribution is 0.0935. The number of carbonyl (C=O) groups excluding carboxylic acids is 1. The Kier molecular flexibility index (Phi) is 4.72. The van der Waals surface area contributed by atoms with Gasteiger partial charge in [-0.3, -0.25) is 9.69 Å². The third-order valence-corrected chi connectivity index (χ3v) is 4.05. The van der Waals surface area contributed by atoms with Crippen molar-refractivity contribution in [1.82, 2.24) is 10.2 Å². The van der Waals surface area contributed by atoms with E-state index < -0.39 is 11.5 Å². The van der Waals surface area contributed by atoms with Gasteiger partial charge >= 0.3 is 5.63 Å². The number of fused-ring (bicyclic) bond motifs is 1. The van der Waals surface area contributed by atoms with Crippen LogP contribution in [0.3, 0.4) is 0 Å². The Balaban J connectivity index is 1.79. The first-order valence-electron chi connectivity index (χ1n) is 7.99. The first-order chi connectivity index (χ1) is 12.0. The van der Waals surface area contributed by atoms with E-state index in [1.807, 2.05) is 44.1 Å². The molecule has 0 radical (unpaired) electrons. The van der Waals surface area contributed by atoms with Crippen molar-refractivity contribution >= 4 is 16.9 Å². The molecule has 130 valence electrons. The largest absolute Gasteiger partial charge is 0.465 e. The summed E-state index contributed by atoms with van der Waals surface area (Å²) in [6, 6.07) is 12.3. The predicted octanol–water partition coefficient (Wildman–Crippen LogP) is 2.73. The van der Waals surface area contributed by atoms with Gasteiger partial charge in [-0.05, 0) is 45.3 Å². The number of amides is 1. The molecule has 0 unspecified atom stereocenters. The second-order valence-electron chi connectivity index (χ2n) is 6.12. The number of nitrogens with one attached hydrogen (secondary N) is 1. The first-order valence-corrected chi connectivity index (χ1v) is 7.99. The second kappa shape index (κ2) is 6.94. The van der Waals surface area contributed by atoms with Crippen LogP contribution in [0.25, 0.3) is 11.0 Å². The summed E-state index contributed by atoms with van der Waals surface area (Å²) in [5, 5.41) is 3.50. The number of aryl methyl sites for hydroxylation is 1. The molecular weight excluding hydrogens is 320 g/mol. The molecule has 1 atom stereocenters. The summed E-state index contributed by atoms with van der Waals surface area (Å²) in [4.78, 5) is 26.5. The molecule has 0 saturated heterocycles. The Labute approximate surface area is 145 Å². The molecule has 1 amide bonds. The second-order valence-corrected chi connectivity index (χ2v) is 6.12. The molecule has 0 aliphatic rings. The minimum atomic E-state index is -0.647. The van der Waals surface area contributed by atoms with E-state index in [0.29, 0.717) is 17.5 Å². The summed E-state index contributed by atoms with van der Waals surface area (Å²) >= 11 is 0. The molecule has 2 aromatic heterocycles. The van der Waals surface area contributed by atoms with Crippen LogP contribution in [0, 0.1) is 6.92 Å². The van der Waals surface area contributed by atoms with E-state index >= 15 is 0 Å². The van der Waals surface area contributed by atoms with E-state index in [4.69, 9.17) is 8.83 Å². The summed E-state index contributed by atoms with van der Waals surface area (Å²) in [6.07, 6.45) is 0. The van der Waals surface area contributed by atoms with Crippen LogP contribution in [0.1, 0.15) is 27.9 Å². The fourth-order valence-electron chi connectivity index (χ4n) is 2.67. The molecule has 0 aliphatic heterocycles. The van der Waals surface area contributed by atoms with Crippen molar-refractivity contribution < 1.29 is 13.6 Å². The third kappa shape index (κ3) is 3.64. The van der Waals surface area contributed by atoms with Crippen molar-refractivity contribution in [2.75, 3.05) is 20.6 Å². The van der Waals surface area contributed by atoms with Crippen molar-refractivity contribution in [3.8, 4) is 0 Å². The number of furan rings is 1. The van der Waals surface area contributed by atoms with E-state index in [1.54, 1.807) is 24.3 Å². The lowest BCUT2D eigenvalue weighted by Crippen LogP contribution is -2.36. The Bertz CT molecular complexity index is 955. The van der Waals surface area contributed by atoms with Crippen molar-refractivity contribution in [3.63, 3.8) is 0 Å². The van der Waals surface area contributed by atoms with Gasteiger partial charge in [-0.25, -0.2) is 4.79 Å². The predicted molar refractivity (Wildman–Crippen MR) is 94.7 cm³/mol. The summed E-state index contributed by atoms with van der Waals surface area (Å²) in [5.74, 6) is 1.10. The maximum atomic E-state index is 12.5. The molecule has 6 nitrogen and oxygen atoms in total. The summed E-state index contributed by atoms with van der Waals surface area (Å²) in [7, 11) is 3.80. The van der Waals surface area contributed by atoms with Crippen molar-refractivity contribution in [1.29, 1.82) is 0 Å². The Morgan fingerprint density at radius 3 is 2.60 bits per heavy atom. The molecular formula is C19H20N2O4. The molecule has 3 aromatic rings. The van der Waals surface area contributed by atoms with Crippen LogP contribution in [0.15, 0.2) is 56.1 Å². The van der Waals surface area contributed by atoms with Gasteiger partial charge in [0.25, 0.3) is 5.91 Å². The van der Waals surface area contributed by atoms with Crippen molar-refractivity contribution in [3.05, 3.63) is 70.0 Å². The first kappa shape index (κ1) is 17.0. The Morgan fingerprint density at radius 2 is 1.92 bits per heavy atom. The van der Waals surface area contributed by atoms with Gasteiger partial charge in [0.05, 0.1) is 6.04 Å². The minimum Gasteiger partial charge on any atom is -0.465 e. The molecule has 1 aromatic carbocycles. The summed E-state index contributed by atoms with van der Waals surface area (Å²) in [6.45, 7) is 2.18. The zero-order chi connectivity index (χ0) is 18.0. The molecule has 0 bridgehead atoms. The fraction of sp³-hybridized carbons (Fsp3) is 0.263. The Morgan fingerprint density at radius 1 is 1.16 bits per heavy atom. The molecule has 2 heterocycles. The van der Waals surface area contributed by atoms with Crippen LogP contribution in [0.2, 0.25) is 0 Å². The normalized spacial score (nSPS) is 12.5. The number of carbonyl (C=O) groups is 1. The number of hydrogen-bond acceptors (Lipinski definition) is 5. The highest BCUT2D eigenvalue weighted by molar-refractivity contribution is 5.96. The zero-order valence-electron chi connectivity index (χ0n) is 14.4. The van der Waals surface area contributed by atoms with Crippen LogP contribution in [-0.2, 0) is 0 Å². The average Bonchev–Trinajstić information content (AvgIpc) is 3.00. The highest BCUT2D eigenvalue weighted by atomic mass is 16.4. The lowest BCUT2D eigenvalue weighted by Gasteiger charge is -2.22. The number of para-hydroxylation sites is 1. The average molecular weight is 340 g/mol. The molecule has 0 aliphatic carbocycles. The summed E-state index contributed by atoms with van der Waals surface area (Å²) in [5.41, 5.74) is -0.195. The van der Waals surface area contributed by atoms with Gasteiger partial charge in [0.2, 0.25) is 0 Å². The monoisotopic (exact) mass is 340 g/mol. The number of nitrogens with zero attached hydrogens (tertiary/aromatic N) is 1. The van der Waals surface area contributed by atoms with E-state index in [2.05, 4.69) is 5.32 Å². The van der Waals surface area contributed by atoms with Crippen LogP contribution in [0.4, 0.5) is 0 Å². The summed E-state index contributed by atoms with van der Waals surface area (Å²) < 4.78 is 10.9. The molecule has 6 heteroatoms. The highest BCUT2D eigenvalue weighted by Crippen LogP contribution is 2.20. The van der Waals surface area contributed by atoms with E-state index in [1.165, 1.54) is 0 Å². The standard InChI is InChI=1S/C19H20N2O4/c1-12-8-9-17(24-12)15(21(2)3)11-20-18(22)14-10-13-6-4-5-7-16(13)25-19(14)23/h4-10,15H,11H2,1-3H3,(H,20,22)/t15-/m0/s1. The van der Waals surface area contributed by atoms with Crippen LogP contribution in [-0.4, -0.2) is 31.4 Å². The van der Waals surface area contributed by atoms with E-state index in [-0.39, 0.29) is 11.6 Å². The molecule has 25 heavy (non-hydrogen) atoms. The van der Waals surface area contributed by atoms with E-state index in [9.17, 15) is 9.59 Å². The van der Waals surface area contributed by atoms with Crippen LogP contribution < -0.4 is 10.9 Å². The SMILES string of the molecule is Cc1ccc([C@H](CNC(=O)c2cc3ccccc3oc2=O)N(C)C)o1. The maximum Gasteiger partial charge on any atom is 0.349 e. The number of likely N-dealkylation sites (N-methyl/N-ethyl adjacent to an activating group) is 1. The van der Waals surface area contributed by atoms with Gasteiger partial charge in [0.1, 0.15) is 22.7 Å². The Hall–Kier alpha value is -2.86. The minimum absolute atomic E-state index is 0.00756. The van der Waals surface area contributed by atoms with Gasteiger partial charge in [-0.15, -0.1) is 0 Å². The van der Waals surface area contributed by atoms with Crippen molar-refractivity contribution in [2.45, 2.75) is 13.0 Å². The van der Waals surface area contributed by atoms with Crippen LogP contribution >= 0.6 is 0 Å². The van der Waals surface area contributed by atoms with Gasteiger partial charge in [0, 0.05) is 11.9 Å². The maximum absolute atomic E-state index is 12.5. The van der Waals surface area contributed by atoms with Gasteiger partial charge < -0.3 is 14.2 Å². The molecule has 3 rings (SSSR count). The van der Waals surface area contributed by atoms with E-state index in [0.717, 1.165) is 11.5 Å². The molecule has 1 N–H and O–H groups in total. The zero-order valence-corrected chi connectivity index (χ0v) is 14.4. The van der Waals surface area contributed by atoms with Gasteiger partial charge in [0.15, 0.2) is 0 Å². The van der Waals surface area contributed by atoms with Crippen molar-refractivity contribution in [2.24, 2.45) is 0 Å². The molecule has 0 spiro atoms. The van der Waals surface area contributed by atoms with Gasteiger partial charge in [-0.1, -0.05) is 18.2 Å². The molecule has 0 saturated carbocycles. The fourth-order valence-corrected chi connectivity index (χ4v) is 2.67. The van der Waals surface area contributed by atoms with Crippen LogP contribution in [0.5, 0.6) is 0 Å². The smallest absolute Gasteiger partial charge is 0.349 e. The number of hydrogen-bond donors (Lipinski definition) is 1.